The predicted molar refractivity (Wildman–Crippen MR) is 65.6 cm³/mol. The molecule has 2 nitrogen and oxygen atoms in total. The summed E-state index contributed by atoms with van der Waals surface area (Å²) in [5.41, 5.74) is -4.87. The fourth-order valence-electron chi connectivity index (χ4n) is 3.11. The highest BCUT2D eigenvalue weighted by atomic mass is 33.1. The summed E-state index contributed by atoms with van der Waals surface area (Å²) in [4.78, 5) is 0. The van der Waals surface area contributed by atoms with Gasteiger partial charge < -0.3 is 0 Å². The lowest BCUT2D eigenvalue weighted by Crippen LogP contribution is -2.40. The molecule has 2 saturated carbocycles. The van der Waals surface area contributed by atoms with Crippen molar-refractivity contribution in [3.8, 4) is 0 Å². The zero-order valence-corrected chi connectivity index (χ0v) is 11.8. The molecule has 0 aromatic heterocycles. The second kappa shape index (κ2) is 3.69. The molecule has 0 heterocycles. The monoisotopic (exact) mass is 300 g/mol. The first-order valence-corrected chi connectivity index (χ1v) is 8.46. The fraction of sp³-hybridized carbons (Fsp3) is 0.818. The highest BCUT2D eigenvalue weighted by Crippen LogP contribution is 2.68. The van der Waals surface area contributed by atoms with Crippen molar-refractivity contribution < 1.29 is 21.6 Å². The summed E-state index contributed by atoms with van der Waals surface area (Å²) in [6, 6.07) is 0. The Kier molecular flexibility index (Phi) is 2.92. The van der Waals surface area contributed by atoms with E-state index < -0.39 is 24.5 Å². The Labute approximate surface area is 108 Å². The molecule has 0 N–H and O–H groups in total. The van der Waals surface area contributed by atoms with Gasteiger partial charge in [-0.05, 0) is 36.0 Å². The lowest BCUT2D eigenvalue weighted by molar-refractivity contribution is -0.0410. The number of hydrogen-bond donors (Lipinski definition) is 0. The molecule has 0 aromatic carbocycles. The first-order valence-electron chi connectivity index (χ1n) is 5.64. The number of alkyl halides is 3. The summed E-state index contributed by atoms with van der Waals surface area (Å²) < 4.78 is 59.5. The average molecular weight is 300 g/mol. The van der Waals surface area contributed by atoms with Crippen LogP contribution in [0.4, 0.5) is 13.2 Å². The summed E-state index contributed by atoms with van der Waals surface area (Å²) in [6.07, 6.45) is 1.73. The van der Waals surface area contributed by atoms with Crippen LogP contribution in [0.25, 0.3) is 0 Å². The number of fused-ring (bicyclic) bond motifs is 2. The van der Waals surface area contributed by atoms with Crippen LogP contribution in [0.15, 0.2) is 12.2 Å². The highest BCUT2D eigenvalue weighted by molar-refractivity contribution is 8.72. The van der Waals surface area contributed by atoms with Crippen LogP contribution in [-0.2, 0) is 8.87 Å². The van der Waals surface area contributed by atoms with Crippen molar-refractivity contribution in [2.24, 2.45) is 11.3 Å². The second-order valence-corrected chi connectivity index (χ2v) is 9.70. The molecule has 0 amide bonds. The molecule has 2 fully saturated rings. The van der Waals surface area contributed by atoms with Crippen LogP contribution < -0.4 is 0 Å². The maximum Gasteiger partial charge on any atom is 0.507 e. The minimum Gasteiger partial charge on any atom is -0.208 e. The standard InChI is InChI=1S/C11H15F3O2S2/c1-7-8-4-5-10(6-8,9(7,2)3)17-18(15,16)11(12,13)14/h8H,1,4-6H2,2-3H3/t8-,10-/m1/s1. The van der Waals surface area contributed by atoms with Gasteiger partial charge in [-0.1, -0.05) is 26.0 Å². The van der Waals surface area contributed by atoms with Gasteiger partial charge in [-0.25, -0.2) is 8.42 Å². The molecule has 2 rings (SSSR count). The predicted octanol–water partition coefficient (Wildman–Crippen LogP) is 3.70. The fourth-order valence-corrected chi connectivity index (χ4v) is 7.06. The van der Waals surface area contributed by atoms with E-state index in [1.807, 2.05) is 0 Å². The molecule has 2 bridgehead atoms. The topological polar surface area (TPSA) is 34.1 Å². The van der Waals surface area contributed by atoms with Gasteiger partial charge in [0.15, 0.2) is 0 Å². The van der Waals surface area contributed by atoms with E-state index in [1.165, 1.54) is 0 Å². The smallest absolute Gasteiger partial charge is 0.208 e. The van der Waals surface area contributed by atoms with E-state index in [0.29, 0.717) is 12.8 Å². The van der Waals surface area contributed by atoms with Crippen molar-refractivity contribution in [3.05, 3.63) is 12.2 Å². The largest absolute Gasteiger partial charge is 0.507 e. The lowest BCUT2D eigenvalue weighted by Gasteiger charge is -2.41. The van der Waals surface area contributed by atoms with Crippen molar-refractivity contribution in [3.63, 3.8) is 0 Å². The summed E-state index contributed by atoms with van der Waals surface area (Å²) in [6.45, 7) is 7.54. The molecule has 18 heavy (non-hydrogen) atoms. The third-order valence-corrected chi connectivity index (χ3v) is 8.63. The van der Waals surface area contributed by atoms with Crippen molar-refractivity contribution in [1.82, 2.24) is 0 Å². The van der Waals surface area contributed by atoms with E-state index in [0.717, 1.165) is 12.0 Å². The van der Waals surface area contributed by atoms with Crippen LogP contribution in [0.5, 0.6) is 0 Å². The summed E-state index contributed by atoms with van der Waals surface area (Å²) in [7, 11) is -5.04. The Hall–Kier alpha value is -0.170. The van der Waals surface area contributed by atoms with Crippen LogP contribution in [0.3, 0.4) is 0 Å². The minimum atomic E-state index is -5.19. The number of halogens is 3. The maximum absolute atomic E-state index is 12.5. The van der Waals surface area contributed by atoms with Crippen LogP contribution in [0.2, 0.25) is 0 Å². The molecule has 104 valence electrons. The Morgan fingerprint density at radius 1 is 1.39 bits per heavy atom. The lowest BCUT2D eigenvalue weighted by atomic mass is 9.73. The number of allylic oxidation sites excluding steroid dienone is 1. The molecule has 2 atom stereocenters. The van der Waals surface area contributed by atoms with Gasteiger partial charge >= 0.3 is 14.4 Å². The van der Waals surface area contributed by atoms with Crippen molar-refractivity contribution >= 4 is 19.7 Å². The molecule has 2 aliphatic rings. The first-order chi connectivity index (χ1) is 7.93. The van der Waals surface area contributed by atoms with E-state index in [2.05, 4.69) is 6.58 Å². The first kappa shape index (κ1) is 14.2. The van der Waals surface area contributed by atoms with Gasteiger partial charge in [-0.3, -0.25) is 0 Å². The van der Waals surface area contributed by atoms with E-state index in [4.69, 9.17) is 0 Å². The molecule has 0 unspecified atom stereocenters. The second-order valence-electron chi connectivity index (χ2n) is 5.57. The van der Waals surface area contributed by atoms with Gasteiger partial charge in [0.05, 0.1) is 0 Å². The van der Waals surface area contributed by atoms with E-state index >= 15 is 0 Å². The zero-order chi connectivity index (χ0) is 14.0. The normalized spacial score (nSPS) is 35.2. The molecule has 2 aliphatic carbocycles. The summed E-state index contributed by atoms with van der Waals surface area (Å²) in [5.74, 6) is 0.163. The maximum atomic E-state index is 12.5. The minimum absolute atomic E-state index is 0.103. The van der Waals surface area contributed by atoms with E-state index in [1.54, 1.807) is 13.8 Å². The molecule has 0 spiro atoms. The number of rotatable bonds is 2. The van der Waals surface area contributed by atoms with Gasteiger partial charge in [0.2, 0.25) is 0 Å². The zero-order valence-electron chi connectivity index (χ0n) is 10.2. The van der Waals surface area contributed by atoms with Gasteiger partial charge in [-0.2, -0.15) is 13.2 Å². The highest BCUT2D eigenvalue weighted by Gasteiger charge is 2.64. The third kappa shape index (κ3) is 1.73. The summed E-state index contributed by atoms with van der Waals surface area (Å²) >= 11 is 0. The molecule has 0 radical (unpaired) electrons. The molecule has 0 aromatic rings. The van der Waals surface area contributed by atoms with Crippen LogP contribution in [-0.4, -0.2) is 18.7 Å². The Morgan fingerprint density at radius 3 is 2.33 bits per heavy atom. The van der Waals surface area contributed by atoms with Gasteiger partial charge in [0.25, 0.3) is 0 Å². The molecular formula is C11H15F3O2S2. The molecule has 0 aliphatic heterocycles. The van der Waals surface area contributed by atoms with E-state index in [9.17, 15) is 21.6 Å². The van der Waals surface area contributed by atoms with Crippen molar-refractivity contribution in [2.75, 3.05) is 0 Å². The van der Waals surface area contributed by atoms with Crippen LogP contribution in [0, 0.1) is 11.3 Å². The SMILES string of the molecule is C=C1[C@@H]2CC[C@@](SS(=O)(=O)C(F)(F)F)(C2)C1(C)C. The number of hydrogen-bond acceptors (Lipinski definition) is 3. The van der Waals surface area contributed by atoms with Crippen LogP contribution >= 0.6 is 10.8 Å². The Balaban J connectivity index is 2.38. The Morgan fingerprint density at radius 2 is 1.94 bits per heavy atom. The van der Waals surface area contributed by atoms with Gasteiger partial charge in [0.1, 0.15) is 0 Å². The van der Waals surface area contributed by atoms with Gasteiger partial charge in [-0.15, -0.1) is 0 Å². The van der Waals surface area contributed by atoms with Crippen LogP contribution in [0.1, 0.15) is 33.1 Å². The average Bonchev–Trinajstić information content (AvgIpc) is 2.64. The van der Waals surface area contributed by atoms with E-state index in [-0.39, 0.29) is 16.7 Å². The quantitative estimate of drug-likeness (QED) is 0.576. The van der Waals surface area contributed by atoms with Gasteiger partial charge in [0, 0.05) is 10.2 Å². The van der Waals surface area contributed by atoms with Crippen molar-refractivity contribution in [1.29, 1.82) is 0 Å². The Bertz CT molecular complexity index is 493. The summed E-state index contributed by atoms with van der Waals surface area (Å²) in [5, 5.41) is 0. The van der Waals surface area contributed by atoms with Crippen molar-refractivity contribution in [2.45, 2.75) is 43.4 Å². The molecular weight excluding hydrogens is 285 g/mol. The molecule has 7 heteroatoms. The molecule has 0 saturated heterocycles. The third-order valence-electron chi connectivity index (χ3n) is 4.46.